The second kappa shape index (κ2) is 5.06. The van der Waals surface area contributed by atoms with Crippen molar-refractivity contribution in [3.05, 3.63) is 42.0 Å². The summed E-state index contributed by atoms with van der Waals surface area (Å²) in [7, 11) is 2.15. The van der Waals surface area contributed by atoms with E-state index in [2.05, 4.69) is 11.9 Å². The van der Waals surface area contributed by atoms with Crippen LogP contribution in [0.3, 0.4) is 0 Å². The first-order chi connectivity index (χ1) is 9.62. The van der Waals surface area contributed by atoms with Crippen LogP contribution in [0.25, 0.3) is 5.57 Å². The molecule has 2 fully saturated rings. The van der Waals surface area contributed by atoms with Gasteiger partial charge in [0, 0.05) is 11.6 Å². The Balaban J connectivity index is 2.01. The summed E-state index contributed by atoms with van der Waals surface area (Å²) in [6, 6.07) is 10.1. The van der Waals surface area contributed by atoms with Crippen molar-refractivity contribution in [2.24, 2.45) is 0 Å². The van der Waals surface area contributed by atoms with E-state index in [0.29, 0.717) is 11.6 Å². The van der Waals surface area contributed by atoms with E-state index in [1.165, 1.54) is 19.3 Å². The minimum atomic E-state index is -0.826. The van der Waals surface area contributed by atoms with Crippen molar-refractivity contribution in [3.63, 3.8) is 0 Å². The molecule has 20 heavy (non-hydrogen) atoms. The summed E-state index contributed by atoms with van der Waals surface area (Å²) in [5, 5.41) is 9.58. The SMILES string of the molecule is CN1[C@@H]2CCC[C@@]1(C=C(C(=O)O)c1ccccc1)CC2. The summed E-state index contributed by atoms with van der Waals surface area (Å²) in [5.41, 5.74) is 1.20. The van der Waals surface area contributed by atoms with Crippen LogP contribution < -0.4 is 0 Å². The quantitative estimate of drug-likeness (QED) is 0.858. The molecule has 0 spiro atoms. The van der Waals surface area contributed by atoms with Crippen LogP contribution in [0, 0.1) is 0 Å². The number of likely N-dealkylation sites (N-methyl/N-ethyl adjacent to an activating group) is 1. The molecule has 106 valence electrons. The average molecular weight is 271 g/mol. The second-order valence-corrected chi connectivity index (χ2v) is 6.03. The van der Waals surface area contributed by atoms with Crippen molar-refractivity contribution >= 4 is 11.5 Å². The number of fused-ring (bicyclic) bond motifs is 2. The molecule has 2 aliphatic heterocycles. The first kappa shape index (κ1) is 13.4. The number of hydrogen-bond donors (Lipinski definition) is 1. The van der Waals surface area contributed by atoms with Gasteiger partial charge >= 0.3 is 5.97 Å². The number of carbonyl (C=O) groups is 1. The summed E-state index contributed by atoms with van der Waals surface area (Å²) in [5.74, 6) is -0.826. The van der Waals surface area contributed by atoms with Gasteiger partial charge in [0.25, 0.3) is 0 Å². The smallest absolute Gasteiger partial charge is 0.336 e. The largest absolute Gasteiger partial charge is 0.478 e. The Morgan fingerprint density at radius 1 is 1.30 bits per heavy atom. The molecular weight excluding hydrogens is 250 g/mol. The molecule has 3 nitrogen and oxygen atoms in total. The third kappa shape index (κ3) is 2.16. The van der Waals surface area contributed by atoms with Gasteiger partial charge in [-0.2, -0.15) is 0 Å². The number of aliphatic carboxylic acids is 1. The highest BCUT2D eigenvalue weighted by Gasteiger charge is 2.45. The van der Waals surface area contributed by atoms with Crippen LogP contribution in [-0.4, -0.2) is 34.6 Å². The number of hydrogen-bond acceptors (Lipinski definition) is 2. The molecule has 2 bridgehead atoms. The Labute approximate surface area is 119 Å². The summed E-state index contributed by atoms with van der Waals surface area (Å²) >= 11 is 0. The lowest BCUT2D eigenvalue weighted by atomic mass is 9.85. The van der Waals surface area contributed by atoms with Crippen LogP contribution in [0.5, 0.6) is 0 Å². The lowest BCUT2D eigenvalue weighted by Gasteiger charge is -2.41. The van der Waals surface area contributed by atoms with E-state index in [4.69, 9.17) is 0 Å². The Morgan fingerprint density at radius 2 is 2.05 bits per heavy atom. The summed E-state index contributed by atoms with van der Waals surface area (Å²) in [6.07, 6.45) is 7.81. The van der Waals surface area contributed by atoms with Crippen molar-refractivity contribution < 1.29 is 9.90 Å². The fourth-order valence-corrected chi connectivity index (χ4v) is 3.83. The minimum Gasteiger partial charge on any atom is -0.478 e. The first-order valence-corrected chi connectivity index (χ1v) is 7.37. The molecule has 3 heteroatoms. The third-order valence-corrected chi connectivity index (χ3v) is 5.04. The van der Waals surface area contributed by atoms with Crippen LogP contribution in [0.15, 0.2) is 36.4 Å². The molecule has 3 rings (SSSR count). The van der Waals surface area contributed by atoms with Crippen molar-refractivity contribution in [1.82, 2.24) is 4.90 Å². The van der Waals surface area contributed by atoms with Crippen LogP contribution >= 0.6 is 0 Å². The molecule has 2 heterocycles. The number of rotatable bonds is 3. The number of carboxylic acids is 1. The zero-order valence-electron chi connectivity index (χ0n) is 11.9. The molecule has 0 amide bonds. The molecule has 2 aliphatic rings. The fourth-order valence-electron chi connectivity index (χ4n) is 3.83. The molecule has 0 aliphatic carbocycles. The van der Waals surface area contributed by atoms with Crippen molar-refractivity contribution in [2.45, 2.75) is 43.7 Å². The second-order valence-electron chi connectivity index (χ2n) is 6.03. The average Bonchev–Trinajstić information content (AvgIpc) is 2.65. The number of nitrogens with zero attached hydrogens (tertiary/aromatic N) is 1. The molecular formula is C17H21NO2. The molecule has 0 aromatic heterocycles. The van der Waals surface area contributed by atoms with E-state index >= 15 is 0 Å². The molecule has 2 saturated heterocycles. The highest BCUT2D eigenvalue weighted by molar-refractivity contribution is 6.15. The summed E-state index contributed by atoms with van der Waals surface area (Å²) in [4.78, 5) is 14.1. The highest BCUT2D eigenvalue weighted by atomic mass is 16.4. The lowest BCUT2D eigenvalue weighted by molar-refractivity contribution is -0.130. The Hall–Kier alpha value is -1.61. The minimum absolute atomic E-state index is 0.0491. The molecule has 1 N–H and O–H groups in total. The van der Waals surface area contributed by atoms with Gasteiger partial charge in [-0.1, -0.05) is 30.3 Å². The van der Waals surface area contributed by atoms with Crippen molar-refractivity contribution in [2.75, 3.05) is 7.05 Å². The van der Waals surface area contributed by atoms with Gasteiger partial charge in [-0.3, -0.25) is 4.90 Å². The van der Waals surface area contributed by atoms with Crippen molar-refractivity contribution in [3.8, 4) is 0 Å². The van der Waals surface area contributed by atoms with E-state index in [9.17, 15) is 9.90 Å². The first-order valence-electron chi connectivity index (χ1n) is 7.37. The summed E-state index contributed by atoms with van der Waals surface area (Å²) in [6.45, 7) is 0. The van der Waals surface area contributed by atoms with Crippen molar-refractivity contribution in [1.29, 1.82) is 0 Å². The van der Waals surface area contributed by atoms with Crippen LogP contribution in [0.4, 0.5) is 0 Å². The van der Waals surface area contributed by atoms with E-state index in [0.717, 1.165) is 18.4 Å². The monoisotopic (exact) mass is 271 g/mol. The maximum absolute atomic E-state index is 11.7. The zero-order valence-corrected chi connectivity index (χ0v) is 11.9. The Morgan fingerprint density at radius 3 is 2.75 bits per heavy atom. The van der Waals surface area contributed by atoms with E-state index in [-0.39, 0.29) is 5.54 Å². The standard InChI is InChI=1S/C17H21NO2/c1-18-14-8-5-10-17(18,11-9-14)12-15(16(19)20)13-6-3-2-4-7-13/h2-4,6-7,12,14H,5,8-11H2,1H3,(H,19,20)/t14-,17+/m1/s1. The predicted molar refractivity (Wildman–Crippen MR) is 79.4 cm³/mol. The van der Waals surface area contributed by atoms with Crippen LogP contribution in [0.1, 0.15) is 37.7 Å². The van der Waals surface area contributed by atoms with Gasteiger partial charge in [-0.15, -0.1) is 0 Å². The summed E-state index contributed by atoms with van der Waals surface area (Å²) < 4.78 is 0. The molecule has 0 radical (unpaired) electrons. The normalized spacial score (nSPS) is 30.4. The van der Waals surface area contributed by atoms with E-state index in [1.54, 1.807) is 0 Å². The number of piperidine rings is 1. The molecule has 2 atom stereocenters. The van der Waals surface area contributed by atoms with Gasteiger partial charge in [0.05, 0.1) is 5.57 Å². The van der Waals surface area contributed by atoms with Gasteiger partial charge in [-0.25, -0.2) is 4.79 Å². The molecule has 1 aromatic carbocycles. The van der Waals surface area contributed by atoms with Gasteiger partial charge in [0.15, 0.2) is 0 Å². The topological polar surface area (TPSA) is 40.5 Å². The molecule has 1 aromatic rings. The van der Waals surface area contributed by atoms with E-state index < -0.39 is 5.97 Å². The highest BCUT2D eigenvalue weighted by Crippen LogP contribution is 2.45. The predicted octanol–water partition coefficient (Wildman–Crippen LogP) is 3.17. The molecule has 0 unspecified atom stereocenters. The zero-order chi connectivity index (χ0) is 14.2. The van der Waals surface area contributed by atoms with Gasteiger partial charge in [-0.05, 0) is 50.8 Å². The fraction of sp³-hybridized carbons (Fsp3) is 0.471. The Kier molecular flexibility index (Phi) is 3.38. The van der Waals surface area contributed by atoms with Gasteiger partial charge in [0.1, 0.15) is 0 Å². The van der Waals surface area contributed by atoms with Gasteiger partial charge in [0.2, 0.25) is 0 Å². The van der Waals surface area contributed by atoms with Crippen LogP contribution in [0.2, 0.25) is 0 Å². The lowest BCUT2D eigenvalue weighted by Crippen LogP contribution is -2.46. The Bertz CT molecular complexity index is 533. The maximum atomic E-state index is 11.7. The molecule has 0 saturated carbocycles. The van der Waals surface area contributed by atoms with E-state index in [1.807, 2.05) is 36.4 Å². The number of benzene rings is 1. The number of carboxylic acid groups (broad SMARTS) is 1. The van der Waals surface area contributed by atoms with Crippen LogP contribution in [-0.2, 0) is 4.79 Å². The maximum Gasteiger partial charge on any atom is 0.336 e. The van der Waals surface area contributed by atoms with Gasteiger partial charge < -0.3 is 5.11 Å². The third-order valence-electron chi connectivity index (χ3n) is 5.04.